The van der Waals surface area contributed by atoms with Gasteiger partial charge in [-0.05, 0) is 66.8 Å². The van der Waals surface area contributed by atoms with Crippen LogP contribution in [0, 0.1) is 30.4 Å². The van der Waals surface area contributed by atoms with Crippen LogP contribution < -0.4 is 16.3 Å². The van der Waals surface area contributed by atoms with E-state index in [1.807, 2.05) is 0 Å². The number of fused-ring (bicyclic) bond motifs is 5. The van der Waals surface area contributed by atoms with Crippen molar-refractivity contribution in [2.45, 2.75) is 56.7 Å². The molecule has 322 valence electrons. The van der Waals surface area contributed by atoms with Gasteiger partial charge >= 0.3 is 0 Å². The molecule has 2 N–H and O–H groups in total. The third-order valence-corrected chi connectivity index (χ3v) is 12.2. The number of carbonyl (C=O) groups is 1. The molecule has 4 aliphatic rings. The number of amidine groups is 1. The van der Waals surface area contributed by atoms with Gasteiger partial charge in [0.15, 0.2) is 0 Å². The summed E-state index contributed by atoms with van der Waals surface area (Å²) in [4.78, 5) is 42.5. The lowest BCUT2D eigenvalue weighted by molar-refractivity contribution is -0.123. The highest BCUT2D eigenvalue weighted by atomic mass is 35.5. The molecule has 3 unspecified atom stereocenters. The number of aryl methyl sites for hydroxylation is 1. The van der Waals surface area contributed by atoms with E-state index in [0.717, 1.165) is 23.0 Å². The first-order valence-corrected chi connectivity index (χ1v) is 21.3. The lowest BCUT2D eigenvalue weighted by Gasteiger charge is -2.31. The second-order valence-electron chi connectivity index (χ2n) is 15.6. The summed E-state index contributed by atoms with van der Waals surface area (Å²) in [6, 6.07) is 4.88. The molecule has 4 heterocycles. The number of nitrogens with zero attached hydrogens (tertiary/aromatic N) is 8. The summed E-state index contributed by atoms with van der Waals surface area (Å²) in [6.07, 6.45) is 3.27. The maximum absolute atomic E-state index is 15.5. The van der Waals surface area contributed by atoms with Crippen molar-refractivity contribution in [3.05, 3.63) is 122 Å². The first-order chi connectivity index (χ1) is 29.3. The molecule has 3 aromatic heterocycles. The zero-order valence-electron chi connectivity index (χ0n) is 32.6. The molecule has 0 bridgehead atoms. The Morgan fingerprint density at radius 1 is 1.08 bits per heavy atom. The lowest BCUT2D eigenvalue weighted by atomic mass is 9.91. The number of benzene rings is 2. The summed E-state index contributed by atoms with van der Waals surface area (Å²) >= 11 is 6.68. The van der Waals surface area contributed by atoms with Gasteiger partial charge in [0.05, 0.1) is 35.2 Å². The number of alkyl halides is 4. The van der Waals surface area contributed by atoms with E-state index in [2.05, 4.69) is 30.2 Å². The fourth-order valence-electron chi connectivity index (χ4n) is 8.71. The summed E-state index contributed by atoms with van der Waals surface area (Å²) in [5.41, 5.74) is 1.58. The van der Waals surface area contributed by atoms with Gasteiger partial charge < -0.3 is 10.7 Å². The van der Waals surface area contributed by atoms with Gasteiger partial charge in [-0.2, -0.15) is 13.9 Å². The predicted molar refractivity (Wildman–Crippen MR) is 213 cm³/mol. The molecule has 62 heavy (non-hydrogen) atoms. The molecule has 0 radical (unpaired) electrons. The largest absolute Gasteiger partial charge is 0.344 e. The van der Waals surface area contributed by atoms with E-state index in [-0.39, 0.29) is 50.8 Å². The summed E-state index contributed by atoms with van der Waals surface area (Å²) in [7, 11) is -2.42. The molecule has 1 aliphatic heterocycles. The Labute approximate surface area is 353 Å². The molecule has 1 saturated heterocycles. The molecule has 2 aromatic carbocycles. The predicted octanol–water partition coefficient (Wildman–Crippen LogP) is 5.65. The van der Waals surface area contributed by atoms with Gasteiger partial charge in [0, 0.05) is 59.7 Å². The number of hydrogen-bond acceptors (Lipinski definition) is 9. The topological polar surface area (TPSA) is 169 Å². The van der Waals surface area contributed by atoms with Crippen molar-refractivity contribution in [2.24, 2.45) is 16.2 Å². The van der Waals surface area contributed by atoms with Crippen LogP contribution in [0.25, 0.3) is 27.7 Å². The van der Waals surface area contributed by atoms with Gasteiger partial charge in [0.2, 0.25) is 5.91 Å². The van der Waals surface area contributed by atoms with Crippen molar-refractivity contribution >= 4 is 50.0 Å². The number of halogens is 7. The maximum atomic E-state index is 15.5. The van der Waals surface area contributed by atoms with Crippen molar-refractivity contribution in [3.63, 3.8) is 0 Å². The molecular weight excluding hydrogens is 866 g/mol. The number of likely N-dealkylation sites (N-methyl/N-ethyl adjacent to an activating group) is 1. The van der Waals surface area contributed by atoms with Gasteiger partial charge in [-0.3, -0.25) is 18.8 Å². The molecule has 9 rings (SSSR count). The van der Waals surface area contributed by atoms with Gasteiger partial charge in [-0.15, -0.1) is 4.40 Å². The van der Waals surface area contributed by atoms with E-state index >= 15 is 13.6 Å². The Bertz CT molecular complexity index is 2970. The average molecular weight is 899 g/mol. The van der Waals surface area contributed by atoms with Crippen LogP contribution in [-0.2, 0) is 33.7 Å². The number of hydrazine groups is 1. The highest BCUT2D eigenvalue weighted by Gasteiger charge is 2.67. The monoisotopic (exact) mass is 898 g/mol. The van der Waals surface area contributed by atoms with Crippen molar-refractivity contribution in [3.8, 4) is 11.1 Å². The lowest BCUT2D eigenvalue weighted by Crippen LogP contribution is -2.43. The van der Waals surface area contributed by atoms with Crippen LogP contribution in [0.5, 0.6) is 0 Å². The van der Waals surface area contributed by atoms with Crippen molar-refractivity contribution in [2.75, 3.05) is 13.3 Å². The van der Waals surface area contributed by atoms with Crippen LogP contribution in [0.4, 0.5) is 26.3 Å². The molecule has 5 aromatic rings. The van der Waals surface area contributed by atoms with E-state index in [1.165, 1.54) is 23.2 Å². The minimum atomic E-state index is -3.97. The van der Waals surface area contributed by atoms with E-state index in [1.54, 1.807) is 38.5 Å². The summed E-state index contributed by atoms with van der Waals surface area (Å²) in [5, 5.41) is 8.11. The number of hydrogen-bond donors (Lipinski definition) is 2. The normalized spacial score (nSPS) is 22.5. The van der Waals surface area contributed by atoms with Crippen LogP contribution >= 0.6 is 11.6 Å². The smallest absolute Gasteiger partial charge is 0.293 e. The van der Waals surface area contributed by atoms with Crippen molar-refractivity contribution < 1.29 is 39.6 Å². The fourth-order valence-corrected chi connectivity index (χ4v) is 9.50. The molecule has 2 fully saturated rings. The minimum absolute atomic E-state index is 0.00188. The Kier molecular flexibility index (Phi) is 9.93. The van der Waals surface area contributed by atoms with E-state index in [0.29, 0.717) is 27.7 Å². The minimum Gasteiger partial charge on any atom is -0.344 e. The molecule has 5 atom stereocenters. The molecule has 14 nitrogen and oxygen atoms in total. The van der Waals surface area contributed by atoms with E-state index in [9.17, 15) is 30.8 Å². The number of aromatic nitrogens is 6. The third kappa shape index (κ3) is 7.24. The summed E-state index contributed by atoms with van der Waals surface area (Å²) < 4.78 is 119. The number of nitrogens with one attached hydrogen (secondary N) is 2. The molecule has 3 aliphatic carbocycles. The van der Waals surface area contributed by atoms with E-state index < -0.39 is 99.7 Å². The second-order valence-corrected chi connectivity index (χ2v) is 17.7. The number of rotatable bonds is 10. The number of carbonyl (C=O) groups excluding carboxylic acids is 1. The van der Waals surface area contributed by atoms with Gasteiger partial charge in [0.1, 0.15) is 47.1 Å². The molecular formula is C40H33ClF6N10O4S. The number of allylic oxidation sites excluding steroid dienone is 2. The quantitative estimate of drug-likeness (QED) is 0.167. The molecule has 22 heteroatoms. The summed E-state index contributed by atoms with van der Waals surface area (Å²) in [6.45, 7) is 0.724. The highest BCUT2D eigenvalue weighted by Crippen LogP contribution is 2.68. The first kappa shape index (κ1) is 41.4. The van der Waals surface area contributed by atoms with Gasteiger partial charge in [-0.25, -0.2) is 45.9 Å². The van der Waals surface area contributed by atoms with Crippen molar-refractivity contribution in [1.82, 2.24) is 45.1 Å². The zero-order valence-corrected chi connectivity index (χ0v) is 34.2. The fraction of sp³-hybridized carbons (Fsp3) is 0.325. The van der Waals surface area contributed by atoms with Crippen LogP contribution in [0.2, 0.25) is 0 Å². The molecule has 1 saturated carbocycles. The van der Waals surface area contributed by atoms with Gasteiger partial charge in [0.25, 0.3) is 27.9 Å². The average Bonchev–Trinajstić information content (AvgIpc) is 3.73. The van der Waals surface area contributed by atoms with Crippen LogP contribution in [-0.4, -0.2) is 73.8 Å². The van der Waals surface area contributed by atoms with Crippen molar-refractivity contribution in [1.29, 1.82) is 0 Å². The Morgan fingerprint density at radius 2 is 1.79 bits per heavy atom. The van der Waals surface area contributed by atoms with Crippen LogP contribution in [0.15, 0.2) is 75.2 Å². The first-order valence-electron chi connectivity index (χ1n) is 19.0. The number of sulfonamides is 1. The Morgan fingerprint density at radius 3 is 2.47 bits per heavy atom. The molecule has 0 spiro atoms. The van der Waals surface area contributed by atoms with Gasteiger partial charge in [-0.1, -0.05) is 17.7 Å². The SMILES string of the molecule is Cc1ncc(-c2ccc3c(=O)n(C4=CC=C(Cl)C5C(=NS(C)(=O)=O)NN(C)C45)c([C@H](Cc4cc(F)cc(F)c4)NC(=O)Cn4nc(C(F)F)c5c4C(F)(F)[C@H]4CC54)nc3c2)cn1. The zero-order chi connectivity index (χ0) is 44.2. The summed E-state index contributed by atoms with van der Waals surface area (Å²) in [5.74, 6) is -9.31. The maximum Gasteiger partial charge on any atom is 0.293 e. The van der Waals surface area contributed by atoms with E-state index in [4.69, 9.17) is 16.6 Å². The standard InChI is InChI=1S/C40H33ClF6N10O4S/c1-17-48-14-20(15-49-17)19-4-5-23-27(11-19)51-38(57(39(23)59)29-7-6-26(41)32-34(29)55(2)53-37(32)54-62(3,60)61)28(10-18-8-21(42)12-22(43)9-18)50-30(58)16-56-35-31(33(52-56)36(44)45)24-13-25(24)40(35,46)47/h4-9,11-12,14-15,24-25,28,32,34,36H,10,13,16H2,1-3H3,(H,50,58)(H,53,54)/t24?,25-,28-,32?,34?/m0/s1. The Hall–Kier alpha value is -5.93. The highest BCUT2D eigenvalue weighted by molar-refractivity contribution is 7.89. The van der Waals surface area contributed by atoms with Crippen LogP contribution in [0.1, 0.15) is 59.0 Å². The Balaban J connectivity index is 1.22. The molecule has 1 amide bonds. The van der Waals surface area contributed by atoms with Crippen LogP contribution in [0.3, 0.4) is 0 Å². The second kappa shape index (κ2) is 14.9. The number of amides is 1. The third-order valence-electron chi connectivity index (χ3n) is 11.3.